The predicted molar refractivity (Wildman–Crippen MR) is 148 cm³/mol. The van der Waals surface area contributed by atoms with Crippen LogP contribution in [0.15, 0.2) is 83.3 Å². The van der Waals surface area contributed by atoms with Crippen LogP contribution in [-0.2, 0) is 17.8 Å². The van der Waals surface area contributed by atoms with Crippen LogP contribution in [0.4, 0.5) is 0 Å². The highest BCUT2D eigenvalue weighted by Crippen LogP contribution is 2.35. The largest absolute Gasteiger partial charge is 0.508 e. The van der Waals surface area contributed by atoms with E-state index in [9.17, 15) is 9.90 Å². The van der Waals surface area contributed by atoms with Gasteiger partial charge in [0.25, 0.3) is 0 Å². The lowest BCUT2D eigenvalue weighted by molar-refractivity contribution is -0.137. The van der Waals surface area contributed by atoms with Crippen molar-refractivity contribution in [3.8, 4) is 17.2 Å². The Labute approximate surface area is 228 Å². The number of carboxylic acids is 1. The quantitative estimate of drug-likeness (QED) is 0.309. The van der Waals surface area contributed by atoms with Gasteiger partial charge in [-0.1, -0.05) is 54.6 Å². The van der Waals surface area contributed by atoms with E-state index in [0.717, 1.165) is 36.3 Å². The van der Waals surface area contributed by atoms with E-state index in [0.29, 0.717) is 17.8 Å². The van der Waals surface area contributed by atoms with Crippen molar-refractivity contribution in [1.29, 1.82) is 0 Å². The summed E-state index contributed by atoms with van der Waals surface area (Å²) in [6.45, 7) is 7.29. The number of nitrogens with zero attached hydrogens (tertiary/aromatic N) is 4. The smallest absolute Gasteiger partial charge is 0.303 e. The summed E-state index contributed by atoms with van der Waals surface area (Å²) in [6.07, 6.45) is 0.147. The number of carbonyl (C=O) groups is 1. The third-order valence-corrected chi connectivity index (χ3v) is 7.40. The molecule has 8 heteroatoms. The lowest BCUT2D eigenvalue weighted by Gasteiger charge is -2.47. The fraction of sp³-hybridized carbons (Fsp3) is 0.323. The molecule has 1 aliphatic rings. The van der Waals surface area contributed by atoms with Gasteiger partial charge in [0, 0.05) is 43.7 Å². The first kappa shape index (κ1) is 26.6. The SMILES string of the molecule is C[C@@H]1CN([C@H](c2ccc(-c3nnc(CCC(=O)O)o3)cc2)c2cccc(O)c2)[C@@H](C)CN1Cc1ccccc1. The molecule has 0 amide bonds. The summed E-state index contributed by atoms with van der Waals surface area (Å²) in [4.78, 5) is 15.9. The number of aromatic nitrogens is 2. The Morgan fingerprint density at radius 2 is 1.72 bits per heavy atom. The number of hydrogen-bond donors (Lipinski definition) is 2. The lowest BCUT2D eigenvalue weighted by Crippen LogP contribution is -2.56. The van der Waals surface area contributed by atoms with Gasteiger partial charge in [-0.3, -0.25) is 14.6 Å². The molecule has 202 valence electrons. The molecule has 1 fully saturated rings. The van der Waals surface area contributed by atoms with Gasteiger partial charge in [0.2, 0.25) is 11.8 Å². The van der Waals surface area contributed by atoms with Crippen molar-refractivity contribution in [3.05, 3.63) is 101 Å². The molecular formula is C31H34N4O4. The molecule has 0 spiro atoms. The molecule has 8 nitrogen and oxygen atoms in total. The maximum Gasteiger partial charge on any atom is 0.303 e. The summed E-state index contributed by atoms with van der Waals surface area (Å²) in [6, 6.07) is 26.7. The number of phenolic OH excluding ortho intramolecular Hbond substituents is 1. The Bertz CT molecular complexity index is 1390. The number of hydrogen-bond acceptors (Lipinski definition) is 7. The minimum absolute atomic E-state index is 0.0451. The maximum atomic E-state index is 10.9. The molecule has 0 bridgehead atoms. The summed E-state index contributed by atoms with van der Waals surface area (Å²) in [5.41, 5.74) is 4.23. The normalized spacial score (nSPS) is 19.1. The first-order valence-electron chi connectivity index (χ1n) is 13.3. The Morgan fingerprint density at radius 1 is 0.949 bits per heavy atom. The number of aromatic hydroxyl groups is 1. The van der Waals surface area contributed by atoms with Crippen LogP contribution in [0.2, 0.25) is 0 Å². The fourth-order valence-electron chi connectivity index (χ4n) is 5.39. The van der Waals surface area contributed by atoms with Crippen LogP contribution in [0.3, 0.4) is 0 Å². The first-order valence-corrected chi connectivity index (χ1v) is 13.3. The van der Waals surface area contributed by atoms with Gasteiger partial charge >= 0.3 is 5.97 Å². The molecule has 3 atom stereocenters. The van der Waals surface area contributed by atoms with Crippen molar-refractivity contribution >= 4 is 5.97 Å². The van der Waals surface area contributed by atoms with E-state index in [1.807, 2.05) is 24.3 Å². The van der Waals surface area contributed by atoms with Gasteiger partial charge in [0.15, 0.2) is 0 Å². The van der Waals surface area contributed by atoms with Gasteiger partial charge < -0.3 is 14.6 Å². The minimum Gasteiger partial charge on any atom is -0.508 e. The molecule has 0 unspecified atom stereocenters. The number of carboxylic acid groups (broad SMARTS) is 1. The summed E-state index contributed by atoms with van der Waals surface area (Å²) in [5, 5.41) is 27.3. The van der Waals surface area contributed by atoms with Gasteiger partial charge in [-0.15, -0.1) is 10.2 Å². The van der Waals surface area contributed by atoms with Crippen LogP contribution in [-0.4, -0.2) is 61.4 Å². The first-order chi connectivity index (χ1) is 18.9. The van der Waals surface area contributed by atoms with Crippen molar-refractivity contribution in [1.82, 2.24) is 20.0 Å². The van der Waals surface area contributed by atoms with Crippen molar-refractivity contribution in [3.63, 3.8) is 0 Å². The third kappa shape index (κ3) is 6.35. The molecule has 0 aliphatic carbocycles. The minimum atomic E-state index is -0.901. The highest BCUT2D eigenvalue weighted by molar-refractivity contribution is 5.66. The predicted octanol–water partition coefficient (Wildman–Crippen LogP) is 5.14. The zero-order valence-corrected chi connectivity index (χ0v) is 22.3. The van der Waals surface area contributed by atoms with Crippen LogP contribution in [0.5, 0.6) is 5.75 Å². The van der Waals surface area contributed by atoms with E-state index in [2.05, 4.69) is 82.4 Å². The van der Waals surface area contributed by atoms with E-state index >= 15 is 0 Å². The van der Waals surface area contributed by atoms with Gasteiger partial charge in [-0.2, -0.15) is 0 Å². The zero-order chi connectivity index (χ0) is 27.4. The Kier molecular flexibility index (Phi) is 8.05. The molecule has 0 radical (unpaired) electrons. The van der Waals surface area contributed by atoms with E-state index in [-0.39, 0.29) is 30.7 Å². The van der Waals surface area contributed by atoms with Crippen LogP contribution < -0.4 is 0 Å². The standard InChI is InChI=1S/C31H34N4O4/c1-21-19-35(22(2)18-34(21)20-23-7-4-3-5-8-23)30(26-9-6-10-27(36)17-26)24-11-13-25(14-12-24)31-33-32-28(39-31)15-16-29(37)38/h3-14,17,21-22,30,36H,15-16,18-20H2,1-2H3,(H,37,38)/t21-,22+,30-/m1/s1. The number of aliphatic carboxylic acids is 1. The number of aryl methyl sites for hydroxylation is 1. The van der Waals surface area contributed by atoms with Crippen molar-refractivity contribution < 1.29 is 19.4 Å². The van der Waals surface area contributed by atoms with Crippen LogP contribution in [0.1, 0.15) is 48.9 Å². The molecule has 39 heavy (non-hydrogen) atoms. The second-order valence-corrected chi connectivity index (χ2v) is 10.3. The van der Waals surface area contributed by atoms with E-state index in [1.165, 1.54) is 5.56 Å². The second kappa shape index (κ2) is 11.8. The topological polar surface area (TPSA) is 103 Å². The zero-order valence-electron chi connectivity index (χ0n) is 22.3. The Morgan fingerprint density at radius 3 is 2.44 bits per heavy atom. The average Bonchev–Trinajstić information content (AvgIpc) is 3.41. The maximum absolute atomic E-state index is 10.9. The fourth-order valence-corrected chi connectivity index (χ4v) is 5.39. The van der Waals surface area contributed by atoms with Gasteiger partial charge in [-0.25, -0.2) is 0 Å². The van der Waals surface area contributed by atoms with Gasteiger partial charge in [0.1, 0.15) is 5.75 Å². The Balaban J connectivity index is 1.39. The van der Waals surface area contributed by atoms with Gasteiger partial charge in [0.05, 0.1) is 12.5 Å². The van der Waals surface area contributed by atoms with E-state index < -0.39 is 5.97 Å². The summed E-state index contributed by atoms with van der Waals surface area (Å²) < 4.78 is 5.69. The molecule has 4 aromatic rings. The molecule has 1 saturated heterocycles. The number of benzene rings is 3. The van der Waals surface area contributed by atoms with Crippen LogP contribution in [0.25, 0.3) is 11.5 Å². The van der Waals surface area contributed by atoms with Crippen molar-refractivity contribution in [2.45, 2.75) is 51.4 Å². The molecular weight excluding hydrogens is 492 g/mol. The number of phenols is 1. The van der Waals surface area contributed by atoms with Crippen LogP contribution in [0, 0.1) is 0 Å². The highest BCUT2D eigenvalue weighted by atomic mass is 16.4. The van der Waals surface area contributed by atoms with Gasteiger partial charge in [-0.05, 0) is 54.8 Å². The van der Waals surface area contributed by atoms with Crippen molar-refractivity contribution in [2.75, 3.05) is 13.1 Å². The molecule has 5 rings (SSSR count). The number of piperazine rings is 1. The molecule has 0 saturated carbocycles. The highest BCUT2D eigenvalue weighted by Gasteiger charge is 2.35. The molecule has 2 heterocycles. The molecule has 1 aliphatic heterocycles. The second-order valence-electron chi connectivity index (χ2n) is 10.3. The lowest BCUT2D eigenvalue weighted by atomic mass is 9.92. The number of rotatable bonds is 9. The molecule has 2 N–H and O–H groups in total. The van der Waals surface area contributed by atoms with E-state index in [4.69, 9.17) is 9.52 Å². The summed E-state index contributed by atoms with van der Waals surface area (Å²) in [7, 11) is 0. The summed E-state index contributed by atoms with van der Waals surface area (Å²) in [5.74, 6) is 0.0245. The monoisotopic (exact) mass is 526 g/mol. The van der Waals surface area contributed by atoms with E-state index in [1.54, 1.807) is 6.07 Å². The van der Waals surface area contributed by atoms with Crippen molar-refractivity contribution in [2.24, 2.45) is 0 Å². The van der Waals surface area contributed by atoms with Crippen LogP contribution >= 0.6 is 0 Å². The molecule has 1 aromatic heterocycles. The average molecular weight is 527 g/mol. The molecule has 3 aromatic carbocycles. The summed E-state index contributed by atoms with van der Waals surface area (Å²) >= 11 is 0. The third-order valence-electron chi connectivity index (χ3n) is 7.40. The Hall–Kier alpha value is -4.01.